The number of hydrogen-bond donors (Lipinski definition) is 1. The van der Waals surface area contributed by atoms with Crippen LogP contribution in [0, 0.1) is 10.1 Å². The molecule has 1 heterocycles. The molecule has 0 aliphatic carbocycles. The number of nitro benzene ring substituents is 1. The van der Waals surface area contributed by atoms with Gasteiger partial charge in [-0.25, -0.2) is 0 Å². The highest BCUT2D eigenvalue weighted by Gasteiger charge is 2.21. The first-order chi connectivity index (χ1) is 8.61. The van der Waals surface area contributed by atoms with Crippen LogP contribution in [0.25, 0.3) is 0 Å². The van der Waals surface area contributed by atoms with Crippen molar-refractivity contribution in [3.63, 3.8) is 0 Å². The Labute approximate surface area is 105 Å². The predicted octanol–water partition coefficient (Wildman–Crippen LogP) is 1.56. The van der Waals surface area contributed by atoms with Crippen molar-refractivity contribution in [2.24, 2.45) is 0 Å². The minimum Gasteiger partial charge on any atom is -0.490 e. The molecule has 0 aromatic heterocycles. The minimum atomic E-state index is -0.465. The van der Waals surface area contributed by atoms with Gasteiger partial charge in [-0.3, -0.25) is 10.1 Å². The van der Waals surface area contributed by atoms with Crippen molar-refractivity contribution < 1.29 is 14.8 Å². The molecule has 0 radical (unpaired) electrons. The van der Waals surface area contributed by atoms with Crippen molar-refractivity contribution in [2.75, 3.05) is 25.1 Å². The average Bonchev–Trinajstić information content (AvgIpc) is 2.37. The van der Waals surface area contributed by atoms with Gasteiger partial charge in [0.25, 0.3) is 0 Å². The maximum absolute atomic E-state index is 10.8. The van der Waals surface area contributed by atoms with E-state index in [9.17, 15) is 15.2 Å². The fraction of sp³-hybridized carbons (Fsp3) is 0.500. The highest BCUT2D eigenvalue weighted by atomic mass is 16.6. The van der Waals surface area contributed by atoms with E-state index >= 15 is 0 Å². The summed E-state index contributed by atoms with van der Waals surface area (Å²) in [6, 6.07) is 4.78. The van der Waals surface area contributed by atoms with E-state index in [1.807, 2.05) is 4.90 Å². The van der Waals surface area contributed by atoms with Crippen LogP contribution in [-0.4, -0.2) is 36.3 Å². The molecule has 2 rings (SSSR count). The molecule has 0 amide bonds. The summed E-state index contributed by atoms with van der Waals surface area (Å²) in [5.41, 5.74) is 0.801. The van der Waals surface area contributed by atoms with E-state index in [1.54, 1.807) is 12.1 Å². The van der Waals surface area contributed by atoms with Crippen molar-refractivity contribution in [3.05, 3.63) is 28.3 Å². The molecular formula is C12H16N2O4. The number of nitro groups is 1. The minimum absolute atomic E-state index is 0.0428. The third-order valence-electron chi connectivity index (χ3n) is 3.12. The Balaban J connectivity index is 2.26. The zero-order valence-electron chi connectivity index (χ0n) is 10.2. The largest absolute Gasteiger partial charge is 0.490 e. The Bertz CT molecular complexity index is 450. The fourth-order valence-corrected chi connectivity index (χ4v) is 2.20. The number of β-amino-alcohol motifs (C(OH)–C–C–N with tert-alkyl or cyclic N) is 1. The van der Waals surface area contributed by atoms with Crippen LogP contribution in [0.5, 0.6) is 5.75 Å². The van der Waals surface area contributed by atoms with Crippen LogP contribution >= 0.6 is 0 Å². The van der Waals surface area contributed by atoms with Gasteiger partial charge in [0.2, 0.25) is 0 Å². The Morgan fingerprint density at radius 1 is 1.56 bits per heavy atom. The fourth-order valence-electron chi connectivity index (χ4n) is 2.20. The topological polar surface area (TPSA) is 75.8 Å². The number of aliphatic hydroxyl groups excluding tert-OH is 1. The van der Waals surface area contributed by atoms with Gasteiger partial charge in [-0.1, -0.05) is 0 Å². The second kappa shape index (κ2) is 5.22. The van der Waals surface area contributed by atoms with Crippen LogP contribution in [-0.2, 0) is 0 Å². The third kappa shape index (κ3) is 2.53. The standard InChI is InChI=1S/C12H16N2O4/c1-18-12-7-9(4-5-11(12)14(16)17)13-6-2-3-10(15)8-13/h4-5,7,10,15H,2-3,6,8H2,1H3/t10-/m0/s1. The van der Waals surface area contributed by atoms with E-state index in [-0.39, 0.29) is 17.5 Å². The van der Waals surface area contributed by atoms with Gasteiger partial charge in [0.15, 0.2) is 5.75 Å². The molecule has 1 aromatic carbocycles. The average molecular weight is 252 g/mol. The Hall–Kier alpha value is -1.82. The number of methoxy groups -OCH3 is 1. The molecule has 1 saturated heterocycles. The van der Waals surface area contributed by atoms with E-state index in [4.69, 9.17) is 4.74 Å². The van der Waals surface area contributed by atoms with Crippen molar-refractivity contribution >= 4 is 11.4 Å². The number of aliphatic hydroxyl groups is 1. The number of anilines is 1. The molecule has 1 aliphatic rings. The molecule has 1 atom stereocenters. The van der Waals surface area contributed by atoms with Crippen LogP contribution in [0.15, 0.2) is 18.2 Å². The smallest absolute Gasteiger partial charge is 0.311 e. The highest BCUT2D eigenvalue weighted by molar-refractivity contribution is 5.59. The summed E-state index contributed by atoms with van der Waals surface area (Å²) in [4.78, 5) is 12.3. The van der Waals surface area contributed by atoms with Gasteiger partial charge in [0, 0.05) is 30.9 Å². The van der Waals surface area contributed by atoms with Crippen LogP contribution < -0.4 is 9.64 Å². The quantitative estimate of drug-likeness (QED) is 0.652. The molecule has 0 saturated carbocycles. The van der Waals surface area contributed by atoms with Crippen LogP contribution in [0.1, 0.15) is 12.8 Å². The lowest BCUT2D eigenvalue weighted by molar-refractivity contribution is -0.385. The molecule has 0 spiro atoms. The first kappa shape index (κ1) is 12.6. The van der Waals surface area contributed by atoms with Gasteiger partial charge < -0.3 is 14.7 Å². The van der Waals surface area contributed by atoms with Gasteiger partial charge in [0.05, 0.1) is 18.1 Å². The first-order valence-electron chi connectivity index (χ1n) is 5.87. The Morgan fingerprint density at radius 2 is 2.33 bits per heavy atom. The summed E-state index contributed by atoms with van der Waals surface area (Å²) in [5, 5.41) is 20.4. The number of benzene rings is 1. The molecule has 18 heavy (non-hydrogen) atoms. The van der Waals surface area contributed by atoms with Gasteiger partial charge in [0.1, 0.15) is 0 Å². The number of rotatable bonds is 3. The zero-order valence-corrected chi connectivity index (χ0v) is 10.2. The van der Waals surface area contributed by atoms with Crippen LogP contribution in [0.4, 0.5) is 11.4 Å². The number of hydrogen-bond acceptors (Lipinski definition) is 5. The van der Waals surface area contributed by atoms with Gasteiger partial charge >= 0.3 is 5.69 Å². The summed E-state index contributed by atoms with van der Waals surface area (Å²) in [6.45, 7) is 1.40. The molecule has 1 aromatic rings. The van der Waals surface area contributed by atoms with Gasteiger partial charge in [-0.05, 0) is 18.9 Å². The second-order valence-corrected chi connectivity index (χ2v) is 4.36. The van der Waals surface area contributed by atoms with E-state index in [2.05, 4.69) is 0 Å². The van der Waals surface area contributed by atoms with Crippen molar-refractivity contribution in [3.8, 4) is 5.75 Å². The lowest BCUT2D eigenvalue weighted by atomic mass is 10.1. The molecular weight excluding hydrogens is 236 g/mol. The Kier molecular flexibility index (Phi) is 3.66. The summed E-state index contributed by atoms with van der Waals surface area (Å²) >= 11 is 0. The molecule has 98 valence electrons. The van der Waals surface area contributed by atoms with E-state index in [0.29, 0.717) is 6.54 Å². The molecule has 0 unspecified atom stereocenters. The number of piperidine rings is 1. The maximum atomic E-state index is 10.8. The van der Waals surface area contributed by atoms with Gasteiger partial charge in [-0.2, -0.15) is 0 Å². The SMILES string of the molecule is COc1cc(N2CCC[C@H](O)C2)ccc1[N+](=O)[O-]. The summed E-state index contributed by atoms with van der Waals surface area (Å²) < 4.78 is 5.03. The normalized spacial score (nSPS) is 19.7. The highest BCUT2D eigenvalue weighted by Crippen LogP contribution is 2.32. The van der Waals surface area contributed by atoms with E-state index in [0.717, 1.165) is 25.1 Å². The summed E-state index contributed by atoms with van der Waals surface area (Å²) in [7, 11) is 1.41. The van der Waals surface area contributed by atoms with Crippen molar-refractivity contribution in [1.29, 1.82) is 0 Å². The lowest BCUT2D eigenvalue weighted by Gasteiger charge is -2.32. The van der Waals surface area contributed by atoms with Gasteiger partial charge in [-0.15, -0.1) is 0 Å². The lowest BCUT2D eigenvalue weighted by Crippen LogP contribution is -2.38. The first-order valence-corrected chi connectivity index (χ1v) is 5.87. The third-order valence-corrected chi connectivity index (χ3v) is 3.12. The van der Waals surface area contributed by atoms with Crippen LogP contribution in [0.2, 0.25) is 0 Å². The van der Waals surface area contributed by atoms with Crippen molar-refractivity contribution in [2.45, 2.75) is 18.9 Å². The molecule has 1 N–H and O–H groups in total. The van der Waals surface area contributed by atoms with E-state index < -0.39 is 4.92 Å². The summed E-state index contributed by atoms with van der Waals surface area (Å²) in [5.74, 6) is 0.248. The monoisotopic (exact) mass is 252 g/mol. The molecule has 1 fully saturated rings. The molecule has 6 heteroatoms. The number of nitrogens with zero attached hydrogens (tertiary/aromatic N) is 2. The van der Waals surface area contributed by atoms with E-state index in [1.165, 1.54) is 13.2 Å². The predicted molar refractivity (Wildman–Crippen MR) is 67.1 cm³/mol. The zero-order chi connectivity index (χ0) is 13.1. The van der Waals surface area contributed by atoms with Crippen LogP contribution in [0.3, 0.4) is 0 Å². The van der Waals surface area contributed by atoms with Crippen molar-refractivity contribution in [1.82, 2.24) is 0 Å². The molecule has 6 nitrogen and oxygen atoms in total. The molecule has 1 aliphatic heterocycles. The number of ether oxygens (including phenoxy) is 1. The summed E-state index contributed by atoms with van der Waals surface area (Å²) in [6.07, 6.45) is 1.39. The maximum Gasteiger partial charge on any atom is 0.311 e. The second-order valence-electron chi connectivity index (χ2n) is 4.36. The molecule has 0 bridgehead atoms. The Morgan fingerprint density at radius 3 is 2.94 bits per heavy atom.